The van der Waals surface area contributed by atoms with Crippen molar-refractivity contribution < 1.29 is 29.4 Å². The molecule has 0 saturated heterocycles. The highest BCUT2D eigenvalue weighted by atomic mass is 33.1. The molecular formula is C7H11NO6S2. The summed E-state index contributed by atoms with van der Waals surface area (Å²) in [4.78, 5) is 35.5. The molecule has 0 saturated carbocycles. The molecule has 92 valence electrons. The summed E-state index contributed by atoms with van der Waals surface area (Å²) in [7, 11) is 2.27. The van der Waals surface area contributed by atoms with Crippen molar-refractivity contribution in [3.05, 3.63) is 0 Å². The van der Waals surface area contributed by atoms with Crippen LogP contribution in [0, 0.1) is 5.92 Å². The summed E-state index contributed by atoms with van der Waals surface area (Å²) < 4.78 is 0. The van der Waals surface area contributed by atoms with E-state index in [1.54, 1.807) is 0 Å². The van der Waals surface area contributed by atoms with Crippen molar-refractivity contribution >= 4 is 39.5 Å². The summed E-state index contributed by atoms with van der Waals surface area (Å²) in [6.45, 7) is 0. The van der Waals surface area contributed by atoms with Gasteiger partial charge in [-0.25, -0.2) is 4.79 Å². The van der Waals surface area contributed by atoms with Crippen molar-refractivity contribution in [3.63, 3.8) is 0 Å². The van der Waals surface area contributed by atoms with Gasteiger partial charge in [0.25, 0.3) is 0 Å². The van der Waals surface area contributed by atoms with E-state index in [9.17, 15) is 14.4 Å². The number of rotatable bonds is 8. The molecule has 1 atom stereocenters. The molecule has 0 aliphatic heterocycles. The Morgan fingerprint density at radius 1 is 1.25 bits per heavy atom. The number of carboxylic acid groups (broad SMARTS) is 2. The van der Waals surface area contributed by atoms with Gasteiger partial charge >= 0.3 is 17.9 Å². The summed E-state index contributed by atoms with van der Waals surface area (Å²) in [6, 6.07) is 0. The van der Waals surface area contributed by atoms with E-state index in [1.165, 1.54) is 10.8 Å². The number of hydrogen-bond acceptors (Lipinski definition) is 7. The van der Waals surface area contributed by atoms with Crippen LogP contribution >= 0.6 is 21.6 Å². The maximum atomic E-state index is 10.9. The molecule has 0 aromatic heterocycles. The molecule has 1 unspecified atom stereocenters. The lowest BCUT2D eigenvalue weighted by Crippen LogP contribution is -2.29. The Bertz CT molecular complexity index is 272. The van der Waals surface area contributed by atoms with Crippen LogP contribution < -0.4 is 5.90 Å². The molecule has 0 bridgehead atoms. The average Bonchev–Trinajstić information content (AvgIpc) is 2.21. The zero-order valence-electron chi connectivity index (χ0n) is 8.12. The second-order valence-electron chi connectivity index (χ2n) is 2.58. The number of hydrogen-bond donors (Lipinski definition) is 3. The van der Waals surface area contributed by atoms with Gasteiger partial charge in [0.15, 0.2) is 5.92 Å². The smallest absolute Gasteiger partial charge is 0.339 e. The Kier molecular flexibility index (Phi) is 7.77. The zero-order chi connectivity index (χ0) is 12.6. The molecular weight excluding hydrogens is 258 g/mol. The van der Waals surface area contributed by atoms with Gasteiger partial charge in [0.1, 0.15) is 0 Å². The third-order valence-electron chi connectivity index (χ3n) is 1.42. The quantitative estimate of drug-likeness (QED) is 0.240. The molecule has 0 aliphatic carbocycles. The highest BCUT2D eigenvalue weighted by Crippen LogP contribution is 2.25. The topological polar surface area (TPSA) is 127 Å². The lowest BCUT2D eigenvalue weighted by atomic mass is 10.2. The first-order valence-corrected chi connectivity index (χ1v) is 6.57. The van der Waals surface area contributed by atoms with Crippen LogP contribution in [0.1, 0.15) is 6.42 Å². The molecule has 7 nitrogen and oxygen atoms in total. The predicted octanol–water partition coefficient (Wildman–Crippen LogP) is -0.0398. The highest BCUT2D eigenvalue weighted by Gasteiger charge is 2.27. The molecule has 4 N–H and O–H groups in total. The minimum absolute atomic E-state index is 0.0171. The largest absolute Gasteiger partial charge is 0.481 e. The minimum Gasteiger partial charge on any atom is -0.481 e. The fourth-order valence-corrected chi connectivity index (χ4v) is 2.81. The van der Waals surface area contributed by atoms with Crippen LogP contribution in [0.4, 0.5) is 0 Å². The third-order valence-corrected chi connectivity index (χ3v) is 3.83. The second-order valence-corrected chi connectivity index (χ2v) is 5.21. The van der Waals surface area contributed by atoms with Crippen LogP contribution in [0.2, 0.25) is 0 Å². The Hall–Kier alpha value is -0.930. The Balaban J connectivity index is 3.82. The van der Waals surface area contributed by atoms with Crippen molar-refractivity contribution in [1.29, 1.82) is 0 Å². The lowest BCUT2D eigenvalue weighted by molar-refractivity contribution is -0.157. The highest BCUT2D eigenvalue weighted by molar-refractivity contribution is 8.76. The first-order chi connectivity index (χ1) is 7.49. The van der Waals surface area contributed by atoms with E-state index in [1.807, 2.05) is 0 Å². The van der Waals surface area contributed by atoms with E-state index in [0.29, 0.717) is 5.75 Å². The molecule has 0 amide bonds. The van der Waals surface area contributed by atoms with Gasteiger partial charge in [-0.15, -0.1) is 0 Å². The summed E-state index contributed by atoms with van der Waals surface area (Å²) in [5, 5.41) is 17.0. The summed E-state index contributed by atoms with van der Waals surface area (Å²) >= 11 is 0. The molecule has 0 spiro atoms. The van der Waals surface area contributed by atoms with Gasteiger partial charge in [-0.3, -0.25) is 9.59 Å². The number of carbonyl (C=O) groups excluding carboxylic acids is 1. The van der Waals surface area contributed by atoms with Crippen molar-refractivity contribution in [1.82, 2.24) is 0 Å². The van der Waals surface area contributed by atoms with Gasteiger partial charge in [-0.05, 0) is 0 Å². The van der Waals surface area contributed by atoms with Gasteiger partial charge in [0, 0.05) is 11.5 Å². The monoisotopic (exact) mass is 269 g/mol. The Morgan fingerprint density at radius 3 is 2.31 bits per heavy atom. The van der Waals surface area contributed by atoms with E-state index in [-0.39, 0.29) is 12.2 Å². The molecule has 0 aromatic rings. The molecule has 9 heteroatoms. The van der Waals surface area contributed by atoms with Gasteiger partial charge in [-0.2, -0.15) is 5.90 Å². The molecule has 0 rings (SSSR count). The Morgan fingerprint density at radius 2 is 1.88 bits per heavy atom. The third kappa shape index (κ3) is 6.53. The predicted molar refractivity (Wildman–Crippen MR) is 58.6 cm³/mol. The van der Waals surface area contributed by atoms with Crippen LogP contribution in [0.5, 0.6) is 0 Å². The summed E-state index contributed by atoms with van der Waals surface area (Å²) in [5.74, 6) is 0.307. The zero-order valence-corrected chi connectivity index (χ0v) is 9.75. The summed E-state index contributed by atoms with van der Waals surface area (Å²) in [6.07, 6.45) is -0.0171. The fraction of sp³-hybridized carbons (Fsp3) is 0.571. The molecule has 0 aromatic carbocycles. The van der Waals surface area contributed by atoms with E-state index in [0.717, 1.165) is 10.8 Å². The van der Waals surface area contributed by atoms with Crippen LogP contribution in [0.25, 0.3) is 0 Å². The lowest BCUT2D eigenvalue weighted by Gasteiger charge is -2.07. The maximum Gasteiger partial charge on any atom is 0.339 e. The van der Waals surface area contributed by atoms with Crippen molar-refractivity contribution in [2.24, 2.45) is 11.8 Å². The first kappa shape index (κ1) is 15.1. The van der Waals surface area contributed by atoms with E-state index in [2.05, 4.69) is 10.7 Å². The normalized spacial score (nSPS) is 11.8. The van der Waals surface area contributed by atoms with Crippen molar-refractivity contribution in [2.75, 3.05) is 11.5 Å². The maximum absolute atomic E-state index is 10.9. The second kappa shape index (κ2) is 8.25. The summed E-state index contributed by atoms with van der Waals surface area (Å²) in [5.41, 5.74) is 0. The number of nitrogens with two attached hydrogens (primary N) is 1. The minimum atomic E-state index is -1.33. The van der Waals surface area contributed by atoms with E-state index < -0.39 is 23.8 Å². The standard InChI is InChI=1S/C7H11NO6S2/c8-14-7(13)4(6(11)12)3-16-15-2-1-5(9)10/h4H,1-3,8H2,(H,9,10)(H,11,12). The number of carbonyl (C=O) groups is 3. The van der Waals surface area contributed by atoms with Crippen molar-refractivity contribution in [2.45, 2.75) is 6.42 Å². The van der Waals surface area contributed by atoms with Crippen LogP contribution in [0.15, 0.2) is 0 Å². The van der Waals surface area contributed by atoms with Crippen LogP contribution in [0.3, 0.4) is 0 Å². The molecule has 16 heavy (non-hydrogen) atoms. The molecule has 0 fully saturated rings. The van der Waals surface area contributed by atoms with Crippen LogP contribution in [-0.4, -0.2) is 39.6 Å². The van der Waals surface area contributed by atoms with Gasteiger partial charge in [0.05, 0.1) is 6.42 Å². The number of aliphatic carboxylic acids is 2. The molecule has 0 radical (unpaired) electrons. The fourth-order valence-electron chi connectivity index (χ4n) is 0.626. The van der Waals surface area contributed by atoms with Gasteiger partial charge < -0.3 is 15.1 Å². The number of carboxylic acids is 2. The van der Waals surface area contributed by atoms with Gasteiger partial charge in [0.2, 0.25) is 0 Å². The van der Waals surface area contributed by atoms with E-state index in [4.69, 9.17) is 10.2 Å². The van der Waals surface area contributed by atoms with Gasteiger partial charge in [-0.1, -0.05) is 21.6 Å². The molecule has 0 heterocycles. The first-order valence-electron chi connectivity index (χ1n) is 4.08. The van der Waals surface area contributed by atoms with Crippen molar-refractivity contribution in [3.8, 4) is 0 Å². The average molecular weight is 269 g/mol. The van der Waals surface area contributed by atoms with E-state index >= 15 is 0 Å². The Labute approximate surface area is 99.1 Å². The SMILES string of the molecule is NOC(=O)C(CSSCCC(=O)O)C(=O)O. The van der Waals surface area contributed by atoms with Crippen LogP contribution in [-0.2, 0) is 19.2 Å². The molecule has 0 aliphatic rings.